The van der Waals surface area contributed by atoms with Gasteiger partial charge in [0.1, 0.15) is 6.54 Å². The van der Waals surface area contributed by atoms with E-state index in [1.807, 2.05) is 18.7 Å². The average molecular weight is 278 g/mol. The van der Waals surface area contributed by atoms with Gasteiger partial charge in [0, 0.05) is 18.3 Å². The standard InChI is InChI=1S/C11H17F3N4O/c1-3-17(4-2)5-8-6-18(7-9(15)19)16-10(8)11(12,13)14/h6H,3-5,7H2,1-2H3,(H2,15,19). The normalized spacial score (nSPS) is 12.1. The molecule has 0 radical (unpaired) electrons. The molecule has 1 amide bonds. The molecule has 1 rings (SSSR count). The predicted octanol–water partition coefficient (Wildman–Crippen LogP) is 1.23. The zero-order valence-corrected chi connectivity index (χ0v) is 10.9. The predicted molar refractivity (Wildman–Crippen MR) is 63.0 cm³/mol. The zero-order valence-electron chi connectivity index (χ0n) is 10.9. The Kier molecular flexibility index (Phi) is 4.93. The number of halogens is 3. The van der Waals surface area contributed by atoms with Gasteiger partial charge in [-0.15, -0.1) is 0 Å². The maximum atomic E-state index is 12.8. The lowest BCUT2D eigenvalue weighted by Crippen LogP contribution is -2.23. The highest BCUT2D eigenvalue weighted by molar-refractivity contribution is 5.73. The maximum absolute atomic E-state index is 12.8. The van der Waals surface area contributed by atoms with Gasteiger partial charge in [-0.2, -0.15) is 18.3 Å². The van der Waals surface area contributed by atoms with Crippen LogP contribution in [0.25, 0.3) is 0 Å². The van der Waals surface area contributed by atoms with Crippen molar-refractivity contribution < 1.29 is 18.0 Å². The molecule has 108 valence electrons. The average Bonchev–Trinajstić information content (AvgIpc) is 2.67. The molecule has 5 nitrogen and oxygen atoms in total. The summed E-state index contributed by atoms with van der Waals surface area (Å²) in [5.41, 5.74) is 4.05. The van der Waals surface area contributed by atoms with Crippen molar-refractivity contribution >= 4 is 5.91 Å². The molecular formula is C11H17F3N4O. The van der Waals surface area contributed by atoms with Crippen LogP contribution in [-0.2, 0) is 24.1 Å². The molecule has 0 atom stereocenters. The molecule has 0 saturated carbocycles. The van der Waals surface area contributed by atoms with Crippen molar-refractivity contribution in [3.63, 3.8) is 0 Å². The molecule has 0 aliphatic carbocycles. The molecule has 0 saturated heterocycles. The van der Waals surface area contributed by atoms with E-state index in [1.54, 1.807) is 0 Å². The Balaban J connectivity index is 3.05. The molecule has 0 aliphatic heterocycles. The van der Waals surface area contributed by atoms with E-state index < -0.39 is 17.8 Å². The number of carbonyl (C=O) groups is 1. The molecule has 2 N–H and O–H groups in total. The summed E-state index contributed by atoms with van der Waals surface area (Å²) >= 11 is 0. The highest BCUT2D eigenvalue weighted by Gasteiger charge is 2.37. The van der Waals surface area contributed by atoms with Crippen LogP contribution in [0.5, 0.6) is 0 Å². The van der Waals surface area contributed by atoms with Crippen LogP contribution in [0, 0.1) is 0 Å². The van der Waals surface area contributed by atoms with Crippen LogP contribution in [0.3, 0.4) is 0 Å². The van der Waals surface area contributed by atoms with Crippen LogP contribution in [0.2, 0.25) is 0 Å². The van der Waals surface area contributed by atoms with E-state index in [0.717, 1.165) is 4.68 Å². The molecular weight excluding hydrogens is 261 g/mol. The number of aromatic nitrogens is 2. The molecule has 0 unspecified atom stereocenters. The molecule has 19 heavy (non-hydrogen) atoms. The minimum absolute atomic E-state index is 0.0532. The van der Waals surface area contributed by atoms with E-state index in [1.165, 1.54) is 6.20 Å². The Morgan fingerprint density at radius 2 is 2.00 bits per heavy atom. The third kappa shape index (κ3) is 4.23. The van der Waals surface area contributed by atoms with Gasteiger partial charge in [0.2, 0.25) is 5.91 Å². The number of rotatable bonds is 6. The lowest BCUT2D eigenvalue weighted by atomic mass is 10.2. The summed E-state index contributed by atoms with van der Waals surface area (Å²) in [5, 5.41) is 3.41. The van der Waals surface area contributed by atoms with E-state index in [4.69, 9.17) is 5.73 Å². The molecule has 0 spiro atoms. The first-order valence-corrected chi connectivity index (χ1v) is 5.92. The first-order chi connectivity index (χ1) is 8.77. The summed E-state index contributed by atoms with van der Waals surface area (Å²) in [6, 6.07) is 0. The fraction of sp³-hybridized carbons (Fsp3) is 0.636. The minimum Gasteiger partial charge on any atom is -0.368 e. The van der Waals surface area contributed by atoms with E-state index >= 15 is 0 Å². The largest absolute Gasteiger partial charge is 0.435 e. The summed E-state index contributed by atoms with van der Waals surface area (Å²) < 4.78 is 39.5. The number of nitrogens with zero attached hydrogens (tertiary/aromatic N) is 3. The molecule has 1 heterocycles. The van der Waals surface area contributed by atoms with Gasteiger partial charge >= 0.3 is 6.18 Å². The van der Waals surface area contributed by atoms with Crippen molar-refractivity contribution in [3.8, 4) is 0 Å². The molecule has 1 aromatic heterocycles. The van der Waals surface area contributed by atoms with Crippen LogP contribution in [0.1, 0.15) is 25.1 Å². The second-order valence-electron chi connectivity index (χ2n) is 4.13. The Hall–Kier alpha value is -1.57. The Morgan fingerprint density at radius 1 is 1.42 bits per heavy atom. The van der Waals surface area contributed by atoms with E-state index in [9.17, 15) is 18.0 Å². The lowest BCUT2D eigenvalue weighted by Gasteiger charge is -2.17. The van der Waals surface area contributed by atoms with Crippen molar-refractivity contribution in [1.82, 2.24) is 14.7 Å². The van der Waals surface area contributed by atoms with Gasteiger partial charge in [0.25, 0.3) is 0 Å². The number of hydrogen-bond donors (Lipinski definition) is 1. The molecule has 0 aliphatic rings. The Bertz CT molecular complexity index is 438. The summed E-state index contributed by atoms with van der Waals surface area (Å²) in [7, 11) is 0. The smallest absolute Gasteiger partial charge is 0.368 e. The summed E-state index contributed by atoms with van der Waals surface area (Å²) in [5.74, 6) is -0.731. The fourth-order valence-electron chi connectivity index (χ4n) is 1.75. The number of nitrogens with two attached hydrogens (primary N) is 1. The van der Waals surface area contributed by atoms with E-state index in [2.05, 4.69) is 5.10 Å². The number of alkyl halides is 3. The van der Waals surface area contributed by atoms with Crippen molar-refractivity contribution in [2.45, 2.75) is 33.1 Å². The van der Waals surface area contributed by atoms with E-state index in [0.29, 0.717) is 13.1 Å². The first-order valence-electron chi connectivity index (χ1n) is 5.92. The Labute approximate surface area is 109 Å². The monoisotopic (exact) mass is 278 g/mol. The van der Waals surface area contributed by atoms with Gasteiger partial charge < -0.3 is 5.73 Å². The van der Waals surface area contributed by atoms with Gasteiger partial charge in [0.15, 0.2) is 5.69 Å². The van der Waals surface area contributed by atoms with Crippen molar-refractivity contribution in [2.75, 3.05) is 13.1 Å². The lowest BCUT2D eigenvalue weighted by molar-refractivity contribution is -0.142. The summed E-state index contributed by atoms with van der Waals surface area (Å²) in [6.07, 6.45) is -3.31. The van der Waals surface area contributed by atoms with Gasteiger partial charge in [0.05, 0.1) is 0 Å². The molecule has 0 bridgehead atoms. The highest BCUT2D eigenvalue weighted by atomic mass is 19.4. The van der Waals surface area contributed by atoms with Gasteiger partial charge in [-0.05, 0) is 13.1 Å². The first kappa shape index (κ1) is 15.5. The molecule has 0 aromatic carbocycles. The zero-order chi connectivity index (χ0) is 14.6. The highest BCUT2D eigenvalue weighted by Crippen LogP contribution is 2.31. The minimum atomic E-state index is -4.54. The quantitative estimate of drug-likeness (QED) is 0.851. The van der Waals surface area contributed by atoms with Gasteiger partial charge in [-0.1, -0.05) is 13.8 Å². The summed E-state index contributed by atoms with van der Waals surface area (Å²) in [4.78, 5) is 12.6. The van der Waals surface area contributed by atoms with Crippen LogP contribution < -0.4 is 5.73 Å². The molecule has 1 aromatic rings. The number of amides is 1. The van der Waals surface area contributed by atoms with Crippen molar-refractivity contribution in [3.05, 3.63) is 17.5 Å². The third-order valence-electron chi connectivity index (χ3n) is 2.71. The van der Waals surface area contributed by atoms with Crippen molar-refractivity contribution in [2.24, 2.45) is 5.73 Å². The van der Waals surface area contributed by atoms with Crippen LogP contribution in [0.4, 0.5) is 13.2 Å². The number of hydrogen-bond acceptors (Lipinski definition) is 3. The number of primary amides is 1. The van der Waals surface area contributed by atoms with Crippen LogP contribution in [0.15, 0.2) is 6.20 Å². The van der Waals surface area contributed by atoms with Gasteiger partial charge in [-0.25, -0.2) is 0 Å². The SMILES string of the molecule is CCN(CC)Cc1cn(CC(N)=O)nc1C(F)(F)F. The second-order valence-corrected chi connectivity index (χ2v) is 4.13. The fourth-order valence-corrected chi connectivity index (χ4v) is 1.75. The third-order valence-corrected chi connectivity index (χ3v) is 2.71. The van der Waals surface area contributed by atoms with Gasteiger partial charge in [-0.3, -0.25) is 14.4 Å². The van der Waals surface area contributed by atoms with Crippen LogP contribution in [-0.4, -0.2) is 33.7 Å². The maximum Gasteiger partial charge on any atom is 0.435 e. The molecule has 8 heteroatoms. The number of carbonyl (C=O) groups excluding carboxylic acids is 1. The van der Waals surface area contributed by atoms with Crippen molar-refractivity contribution in [1.29, 1.82) is 0 Å². The Morgan fingerprint density at radius 3 is 2.42 bits per heavy atom. The van der Waals surface area contributed by atoms with E-state index in [-0.39, 0.29) is 18.7 Å². The topological polar surface area (TPSA) is 64.2 Å². The van der Waals surface area contributed by atoms with Crippen LogP contribution >= 0.6 is 0 Å². The second kappa shape index (κ2) is 6.05. The summed E-state index contributed by atoms with van der Waals surface area (Å²) in [6.45, 7) is 4.78. The molecule has 0 fully saturated rings.